The van der Waals surface area contributed by atoms with Gasteiger partial charge in [-0.1, -0.05) is 0 Å². The van der Waals surface area contributed by atoms with Gasteiger partial charge in [-0.2, -0.15) is 0 Å². The Morgan fingerprint density at radius 2 is 1.40 bits per heavy atom. The fraction of sp³-hybridized carbons (Fsp3) is 0.222. The molecule has 0 atom stereocenters. The standard InChI is InChI=1S/C27H28N6O2/c1-16-7-8-17(2)32(16)22-11-9-21(10-12-22)29-27-25-18(3)28-19(4)33(25)31-26(30-27)20-13-23(34-5)15-24(14-20)35-6/h7-15H,1-6H3,(H,29,30,31). The fourth-order valence-corrected chi connectivity index (χ4v) is 4.38. The summed E-state index contributed by atoms with van der Waals surface area (Å²) in [6, 6.07) is 18.2. The molecule has 0 radical (unpaired) electrons. The number of rotatable bonds is 6. The second-order valence-corrected chi connectivity index (χ2v) is 8.51. The zero-order valence-corrected chi connectivity index (χ0v) is 20.7. The first kappa shape index (κ1) is 22.5. The minimum Gasteiger partial charge on any atom is -0.497 e. The topological polar surface area (TPSA) is 78.5 Å². The maximum Gasteiger partial charge on any atom is 0.182 e. The Kier molecular flexibility index (Phi) is 5.64. The van der Waals surface area contributed by atoms with E-state index in [1.807, 2.05) is 36.6 Å². The van der Waals surface area contributed by atoms with Crippen LogP contribution in [0.4, 0.5) is 11.5 Å². The number of imidazole rings is 1. The third kappa shape index (κ3) is 4.07. The first-order valence-electron chi connectivity index (χ1n) is 11.4. The van der Waals surface area contributed by atoms with E-state index in [0.717, 1.165) is 34.0 Å². The zero-order valence-electron chi connectivity index (χ0n) is 20.7. The number of fused-ring (bicyclic) bond motifs is 1. The number of hydrogen-bond donors (Lipinski definition) is 1. The van der Waals surface area contributed by atoms with E-state index in [0.29, 0.717) is 23.1 Å². The van der Waals surface area contributed by atoms with Crippen LogP contribution in [0, 0.1) is 27.7 Å². The van der Waals surface area contributed by atoms with Crippen LogP contribution in [0.15, 0.2) is 54.6 Å². The number of nitrogens with one attached hydrogen (secondary N) is 1. The summed E-state index contributed by atoms with van der Waals surface area (Å²) in [7, 11) is 3.25. The van der Waals surface area contributed by atoms with Gasteiger partial charge in [-0.3, -0.25) is 0 Å². The Labute approximate surface area is 204 Å². The van der Waals surface area contributed by atoms with Crippen molar-refractivity contribution in [2.45, 2.75) is 27.7 Å². The molecule has 0 aliphatic rings. The van der Waals surface area contributed by atoms with Gasteiger partial charge >= 0.3 is 0 Å². The first-order valence-corrected chi connectivity index (χ1v) is 11.4. The van der Waals surface area contributed by atoms with Gasteiger partial charge in [0.2, 0.25) is 0 Å². The van der Waals surface area contributed by atoms with Gasteiger partial charge in [0.25, 0.3) is 0 Å². The summed E-state index contributed by atoms with van der Waals surface area (Å²) < 4.78 is 14.9. The summed E-state index contributed by atoms with van der Waals surface area (Å²) in [5.74, 6) is 3.33. The van der Waals surface area contributed by atoms with Gasteiger partial charge in [0.1, 0.15) is 22.8 Å². The van der Waals surface area contributed by atoms with E-state index in [4.69, 9.17) is 19.6 Å². The molecule has 5 rings (SSSR count). The van der Waals surface area contributed by atoms with Crippen LogP contribution in [-0.4, -0.2) is 38.4 Å². The number of hydrogen-bond acceptors (Lipinski definition) is 6. The molecule has 3 aromatic heterocycles. The van der Waals surface area contributed by atoms with Crippen molar-refractivity contribution in [3.05, 3.63) is 77.5 Å². The van der Waals surface area contributed by atoms with E-state index in [-0.39, 0.29) is 0 Å². The van der Waals surface area contributed by atoms with E-state index in [2.05, 4.69) is 65.1 Å². The molecule has 35 heavy (non-hydrogen) atoms. The van der Waals surface area contributed by atoms with E-state index in [1.165, 1.54) is 11.4 Å². The molecule has 2 aromatic carbocycles. The molecule has 0 aliphatic heterocycles. The molecule has 0 saturated heterocycles. The molecule has 8 heteroatoms. The van der Waals surface area contributed by atoms with Crippen LogP contribution in [0.3, 0.4) is 0 Å². The summed E-state index contributed by atoms with van der Waals surface area (Å²) in [4.78, 5) is 9.52. The lowest BCUT2D eigenvalue weighted by molar-refractivity contribution is 0.394. The van der Waals surface area contributed by atoms with Gasteiger partial charge in [-0.05, 0) is 76.2 Å². The molecular formula is C27H28N6O2. The predicted octanol–water partition coefficient (Wildman–Crippen LogP) is 5.58. The van der Waals surface area contributed by atoms with Crippen LogP contribution in [0.1, 0.15) is 22.9 Å². The number of aryl methyl sites for hydroxylation is 4. The van der Waals surface area contributed by atoms with Crippen LogP contribution in [0.5, 0.6) is 11.5 Å². The van der Waals surface area contributed by atoms with Gasteiger partial charge < -0.3 is 19.4 Å². The molecule has 5 aromatic rings. The Hall–Kier alpha value is -4.33. The number of benzene rings is 2. The predicted molar refractivity (Wildman–Crippen MR) is 137 cm³/mol. The zero-order chi connectivity index (χ0) is 24.7. The van der Waals surface area contributed by atoms with E-state index in [1.54, 1.807) is 14.2 Å². The van der Waals surface area contributed by atoms with E-state index >= 15 is 0 Å². The molecule has 3 heterocycles. The molecule has 0 unspecified atom stereocenters. The van der Waals surface area contributed by atoms with E-state index < -0.39 is 0 Å². The minimum absolute atomic E-state index is 0.535. The second kappa shape index (κ2) is 8.79. The van der Waals surface area contributed by atoms with Gasteiger partial charge in [0.15, 0.2) is 11.6 Å². The van der Waals surface area contributed by atoms with Crippen molar-refractivity contribution < 1.29 is 9.47 Å². The normalized spacial score (nSPS) is 11.1. The third-order valence-corrected chi connectivity index (χ3v) is 6.10. The summed E-state index contributed by atoms with van der Waals surface area (Å²) in [6.45, 7) is 8.11. The lowest BCUT2D eigenvalue weighted by Gasteiger charge is -2.13. The smallest absolute Gasteiger partial charge is 0.182 e. The van der Waals surface area contributed by atoms with Crippen LogP contribution in [0.25, 0.3) is 22.6 Å². The highest BCUT2D eigenvalue weighted by Crippen LogP contribution is 2.31. The second-order valence-electron chi connectivity index (χ2n) is 8.51. The summed E-state index contributed by atoms with van der Waals surface area (Å²) in [5, 5.41) is 8.26. The van der Waals surface area contributed by atoms with Crippen molar-refractivity contribution in [3.63, 3.8) is 0 Å². The molecule has 0 amide bonds. The highest BCUT2D eigenvalue weighted by Gasteiger charge is 2.17. The summed E-state index contributed by atoms with van der Waals surface area (Å²) in [6.07, 6.45) is 0. The molecule has 0 fully saturated rings. The molecule has 0 bridgehead atoms. The van der Waals surface area contributed by atoms with Gasteiger partial charge in [0.05, 0.1) is 19.9 Å². The Balaban J connectivity index is 1.59. The van der Waals surface area contributed by atoms with Crippen LogP contribution < -0.4 is 14.8 Å². The molecule has 0 spiro atoms. The van der Waals surface area contributed by atoms with Crippen molar-refractivity contribution in [2.75, 3.05) is 19.5 Å². The minimum atomic E-state index is 0.535. The lowest BCUT2D eigenvalue weighted by atomic mass is 10.2. The van der Waals surface area contributed by atoms with Crippen molar-refractivity contribution in [2.24, 2.45) is 0 Å². The molecular weight excluding hydrogens is 440 g/mol. The van der Waals surface area contributed by atoms with Gasteiger partial charge in [-0.15, -0.1) is 5.10 Å². The Bertz CT molecular complexity index is 1490. The number of methoxy groups -OCH3 is 2. The number of anilines is 2. The Morgan fingerprint density at radius 1 is 0.771 bits per heavy atom. The molecule has 178 valence electrons. The number of aromatic nitrogens is 5. The quantitative estimate of drug-likeness (QED) is 0.351. The number of nitrogens with zero attached hydrogens (tertiary/aromatic N) is 5. The highest BCUT2D eigenvalue weighted by atomic mass is 16.5. The highest BCUT2D eigenvalue weighted by molar-refractivity contribution is 5.77. The largest absolute Gasteiger partial charge is 0.497 e. The van der Waals surface area contributed by atoms with Crippen molar-refractivity contribution in [1.29, 1.82) is 0 Å². The third-order valence-electron chi connectivity index (χ3n) is 6.10. The maximum absolute atomic E-state index is 5.45. The van der Waals surface area contributed by atoms with E-state index in [9.17, 15) is 0 Å². The van der Waals surface area contributed by atoms with Crippen molar-refractivity contribution in [1.82, 2.24) is 24.1 Å². The average Bonchev–Trinajstić information content (AvgIpc) is 3.36. The van der Waals surface area contributed by atoms with Gasteiger partial charge in [0, 0.05) is 34.4 Å². The monoisotopic (exact) mass is 468 g/mol. The number of ether oxygens (including phenoxy) is 2. The van der Waals surface area contributed by atoms with Crippen LogP contribution in [-0.2, 0) is 0 Å². The fourth-order valence-electron chi connectivity index (χ4n) is 4.38. The maximum atomic E-state index is 5.45. The first-order chi connectivity index (χ1) is 16.9. The molecule has 0 aliphatic carbocycles. The van der Waals surface area contributed by atoms with Gasteiger partial charge in [-0.25, -0.2) is 14.5 Å². The Morgan fingerprint density at radius 3 is 2.00 bits per heavy atom. The molecule has 0 saturated carbocycles. The summed E-state index contributed by atoms with van der Waals surface area (Å²) >= 11 is 0. The SMILES string of the molecule is COc1cc(OC)cc(-c2nc(Nc3ccc(-n4c(C)ccc4C)cc3)c3c(C)nc(C)n3n2)c1. The van der Waals surface area contributed by atoms with Crippen molar-refractivity contribution in [3.8, 4) is 28.6 Å². The molecule has 1 N–H and O–H groups in total. The average molecular weight is 469 g/mol. The summed E-state index contributed by atoms with van der Waals surface area (Å²) in [5.41, 5.74) is 6.91. The van der Waals surface area contributed by atoms with Crippen LogP contribution in [0.2, 0.25) is 0 Å². The van der Waals surface area contributed by atoms with Crippen LogP contribution >= 0.6 is 0 Å². The lowest BCUT2D eigenvalue weighted by Crippen LogP contribution is -2.06. The van der Waals surface area contributed by atoms with Crippen molar-refractivity contribution >= 4 is 17.0 Å². The molecule has 8 nitrogen and oxygen atoms in total.